The first kappa shape index (κ1) is 13.3. The number of carbonyl (C=O) groups excluding carboxylic acids is 1. The first-order chi connectivity index (χ1) is 8.77. The van der Waals surface area contributed by atoms with E-state index in [4.69, 9.17) is 9.47 Å². The lowest BCUT2D eigenvalue weighted by Crippen LogP contribution is -2.44. The maximum Gasteiger partial charge on any atom is 0.240 e. The summed E-state index contributed by atoms with van der Waals surface area (Å²) in [4.78, 5) is 12.1. The standard InChI is InChI=1S/C13H20N2O3/c14-10-13(3-7-17-8-4-13)12(16)15-5-1-11-2-6-18-9-11/h11H,1-9H2,(H,15,16). The number of nitriles is 1. The van der Waals surface area contributed by atoms with Crippen LogP contribution in [-0.4, -0.2) is 38.9 Å². The highest BCUT2D eigenvalue weighted by Crippen LogP contribution is 2.29. The molecule has 0 spiro atoms. The molecule has 2 aliphatic heterocycles. The molecule has 1 atom stereocenters. The van der Waals surface area contributed by atoms with Gasteiger partial charge in [0.2, 0.25) is 5.91 Å². The first-order valence-electron chi connectivity index (χ1n) is 6.62. The maximum absolute atomic E-state index is 12.1. The Morgan fingerprint density at radius 2 is 2.11 bits per heavy atom. The monoisotopic (exact) mass is 252 g/mol. The van der Waals surface area contributed by atoms with Gasteiger partial charge < -0.3 is 14.8 Å². The molecule has 2 fully saturated rings. The third-order valence-corrected chi connectivity index (χ3v) is 3.86. The van der Waals surface area contributed by atoms with Gasteiger partial charge in [-0.25, -0.2) is 0 Å². The largest absolute Gasteiger partial charge is 0.381 e. The molecule has 0 aromatic carbocycles. The van der Waals surface area contributed by atoms with Gasteiger partial charge in [0.1, 0.15) is 5.41 Å². The molecule has 0 saturated carbocycles. The van der Waals surface area contributed by atoms with E-state index in [-0.39, 0.29) is 5.91 Å². The second kappa shape index (κ2) is 6.17. The van der Waals surface area contributed by atoms with Crippen molar-refractivity contribution in [1.29, 1.82) is 5.26 Å². The minimum atomic E-state index is -0.871. The predicted molar refractivity (Wildman–Crippen MR) is 64.7 cm³/mol. The van der Waals surface area contributed by atoms with E-state index in [0.717, 1.165) is 26.1 Å². The normalized spacial score (nSPS) is 26.5. The molecule has 1 unspecified atom stereocenters. The molecule has 0 aromatic heterocycles. The number of ether oxygens (including phenoxy) is 2. The second-order valence-electron chi connectivity index (χ2n) is 5.08. The van der Waals surface area contributed by atoms with Gasteiger partial charge in [0.15, 0.2) is 0 Å². The minimum Gasteiger partial charge on any atom is -0.381 e. The van der Waals surface area contributed by atoms with E-state index in [0.29, 0.717) is 38.5 Å². The van der Waals surface area contributed by atoms with Crippen LogP contribution in [-0.2, 0) is 14.3 Å². The zero-order chi connectivity index (χ0) is 12.8. The van der Waals surface area contributed by atoms with Gasteiger partial charge in [-0.3, -0.25) is 4.79 Å². The Morgan fingerprint density at radius 1 is 1.33 bits per heavy atom. The second-order valence-corrected chi connectivity index (χ2v) is 5.08. The van der Waals surface area contributed by atoms with Gasteiger partial charge >= 0.3 is 0 Å². The smallest absolute Gasteiger partial charge is 0.240 e. The lowest BCUT2D eigenvalue weighted by Gasteiger charge is -2.29. The summed E-state index contributed by atoms with van der Waals surface area (Å²) in [6.07, 6.45) is 3.01. The van der Waals surface area contributed by atoms with Crippen molar-refractivity contribution in [3.63, 3.8) is 0 Å². The Hall–Kier alpha value is -1.12. The van der Waals surface area contributed by atoms with Crippen molar-refractivity contribution < 1.29 is 14.3 Å². The Kier molecular flexibility index (Phi) is 4.56. The van der Waals surface area contributed by atoms with Gasteiger partial charge in [-0.15, -0.1) is 0 Å². The van der Waals surface area contributed by atoms with Crippen molar-refractivity contribution in [3.8, 4) is 6.07 Å². The van der Waals surface area contributed by atoms with Crippen LogP contribution in [0.15, 0.2) is 0 Å². The number of amides is 1. The van der Waals surface area contributed by atoms with Crippen LogP contribution in [0.2, 0.25) is 0 Å². The molecule has 18 heavy (non-hydrogen) atoms. The fourth-order valence-electron chi connectivity index (χ4n) is 2.48. The quantitative estimate of drug-likeness (QED) is 0.805. The van der Waals surface area contributed by atoms with Gasteiger partial charge in [-0.05, 0) is 31.6 Å². The zero-order valence-corrected chi connectivity index (χ0v) is 10.6. The van der Waals surface area contributed by atoms with Gasteiger partial charge in [0.25, 0.3) is 0 Å². The van der Waals surface area contributed by atoms with Crippen molar-refractivity contribution in [1.82, 2.24) is 5.32 Å². The summed E-state index contributed by atoms with van der Waals surface area (Å²) in [5, 5.41) is 12.1. The molecule has 2 rings (SSSR count). The predicted octanol–water partition coefficient (Wildman–Crippen LogP) is 0.850. The van der Waals surface area contributed by atoms with Crippen LogP contribution in [0, 0.1) is 22.7 Å². The maximum atomic E-state index is 12.1. The fourth-order valence-corrected chi connectivity index (χ4v) is 2.48. The summed E-state index contributed by atoms with van der Waals surface area (Å²) >= 11 is 0. The van der Waals surface area contributed by atoms with Gasteiger partial charge in [0, 0.05) is 33.0 Å². The molecule has 100 valence electrons. The fraction of sp³-hybridized carbons (Fsp3) is 0.846. The van der Waals surface area contributed by atoms with E-state index in [1.807, 2.05) is 0 Å². The van der Waals surface area contributed by atoms with E-state index in [9.17, 15) is 10.1 Å². The van der Waals surface area contributed by atoms with Crippen LogP contribution in [0.25, 0.3) is 0 Å². The third-order valence-electron chi connectivity index (χ3n) is 3.86. The summed E-state index contributed by atoms with van der Waals surface area (Å²) in [6.45, 7) is 3.26. The topological polar surface area (TPSA) is 71.4 Å². The lowest BCUT2D eigenvalue weighted by molar-refractivity contribution is -0.132. The Bertz CT molecular complexity index is 326. The Labute approximate surface area is 107 Å². The molecule has 2 saturated heterocycles. The van der Waals surface area contributed by atoms with E-state index < -0.39 is 5.41 Å². The number of rotatable bonds is 4. The summed E-state index contributed by atoms with van der Waals surface area (Å²) in [6, 6.07) is 2.18. The van der Waals surface area contributed by atoms with Crippen LogP contribution in [0.3, 0.4) is 0 Å². The van der Waals surface area contributed by atoms with Gasteiger partial charge in [0.05, 0.1) is 6.07 Å². The third kappa shape index (κ3) is 3.01. The molecule has 2 aliphatic rings. The molecule has 0 aromatic rings. The Morgan fingerprint density at radius 3 is 2.72 bits per heavy atom. The molecular weight excluding hydrogens is 232 g/mol. The van der Waals surface area contributed by atoms with Crippen LogP contribution >= 0.6 is 0 Å². The van der Waals surface area contributed by atoms with Crippen molar-refractivity contribution >= 4 is 5.91 Å². The molecule has 1 N–H and O–H groups in total. The molecule has 1 amide bonds. The van der Waals surface area contributed by atoms with E-state index in [1.54, 1.807) is 0 Å². The summed E-state index contributed by atoms with van der Waals surface area (Å²) < 4.78 is 10.5. The lowest BCUT2D eigenvalue weighted by atomic mass is 9.81. The molecular formula is C13H20N2O3. The summed E-state index contributed by atoms with van der Waals surface area (Å²) in [7, 11) is 0. The van der Waals surface area contributed by atoms with Crippen molar-refractivity contribution in [2.45, 2.75) is 25.7 Å². The van der Waals surface area contributed by atoms with Crippen LogP contribution < -0.4 is 5.32 Å². The number of nitrogens with zero attached hydrogens (tertiary/aromatic N) is 1. The summed E-state index contributed by atoms with van der Waals surface area (Å²) in [5.74, 6) is 0.422. The van der Waals surface area contributed by atoms with E-state index >= 15 is 0 Å². The van der Waals surface area contributed by atoms with Crippen molar-refractivity contribution in [3.05, 3.63) is 0 Å². The average molecular weight is 252 g/mol. The molecule has 0 radical (unpaired) electrons. The number of hydrogen-bond acceptors (Lipinski definition) is 4. The highest BCUT2D eigenvalue weighted by Gasteiger charge is 2.40. The number of nitrogens with one attached hydrogen (secondary N) is 1. The average Bonchev–Trinajstić information content (AvgIpc) is 2.92. The van der Waals surface area contributed by atoms with Crippen LogP contribution in [0.4, 0.5) is 0 Å². The molecule has 2 heterocycles. The van der Waals surface area contributed by atoms with Gasteiger partial charge in [-0.1, -0.05) is 0 Å². The van der Waals surface area contributed by atoms with Crippen LogP contribution in [0.1, 0.15) is 25.7 Å². The highest BCUT2D eigenvalue weighted by molar-refractivity contribution is 5.85. The van der Waals surface area contributed by atoms with Crippen molar-refractivity contribution in [2.75, 3.05) is 33.0 Å². The van der Waals surface area contributed by atoms with Crippen molar-refractivity contribution in [2.24, 2.45) is 11.3 Å². The van der Waals surface area contributed by atoms with E-state index in [1.165, 1.54) is 0 Å². The van der Waals surface area contributed by atoms with Crippen LogP contribution in [0.5, 0.6) is 0 Å². The Balaban J connectivity index is 1.77. The minimum absolute atomic E-state index is 0.132. The highest BCUT2D eigenvalue weighted by atomic mass is 16.5. The zero-order valence-electron chi connectivity index (χ0n) is 10.6. The molecule has 5 nitrogen and oxygen atoms in total. The number of hydrogen-bond donors (Lipinski definition) is 1. The molecule has 0 bridgehead atoms. The summed E-state index contributed by atoms with van der Waals surface area (Å²) in [5.41, 5.74) is -0.871. The first-order valence-corrected chi connectivity index (χ1v) is 6.62. The molecule has 5 heteroatoms. The number of carbonyl (C=O) groups is 1. The van der Waals surface area contributed by atoms with Gasteiger partial charge in [-0.2, -0.15) is 5.26 Å². The SMILES string of the molecule is N#CC1(C(=O)NCCC2CCOC2)CCOCC1. The molecule has 0 aliphatic carbocycles. The van der Waals surface area contributed by atoms with E-state index in [2.05, 4.69) is 11.4 Å².